The minimum atomic E-state index is -0.931. The molecule has 476 valence electrons. The molecule has 2 atom stereocenters. The number of ether oxygens (including phenoxy) is 2. The van der Waals surface area contributed by atoms with Crippen LogP contribution in [0.2, 0.25) is 0 Å². The maximum atomic E-state index is 12.5. The monoisotopic (exact) mass is 1170 g/mol. The Balaban J connectivity index is -0.00000148. The summed E-state index contributed by atoms with van der Waals surface area (Å²) in [6, 6.07) is 0. The topological polar surface area (TPSA) is 133 Å². The SMILES string of the molecule is CCCCCCCCCCCCCCCCCC(=O)OC(CCCCCC)CCCCCCCCCCC(=O)[O-].CCCCCCCCCCCCCCCCCC(=O)OC(CCCCCC)CCCCCCCCCCC(=O)[O-].[Ca+2]. The minimum absolute atomic E-state index is 0. The predicted octanol–water partition coefficient (Wildman–Crippen LogP) is 21.2. The van der Waals surface area contributed by atoms with Gasteiger partial charge >= 0.3 is 49.7 Å². The zero-order chi connectivity index (χ0) is 58.7. The summed E-state index contributed by atoms with van der Waals surface area (Å²) in [6.45, 7) is 9.03. The molecule has 0 aliphatic rings. The first-order valence-corrected chi connectivity index (χ1v) is 36.0. The van der Waals surface area contributed by atoms with E-state index in [1.807, 2.05) is 0 Å². The Hall–Kier alpha value is -0.860. The van der Waals surface area contributed by atoms with Gasteiger partial charge in [-0.2, -0.15) is 0 Å². The van der Waals surface area contributed by atoms with Crippen LogP contribution in [-0.4, -0.2) is 73.8 Å². The van der Waals surface area contributed by atoms with E-state index in [0.29, 0.717) is 12.8 Å². The van der Waals surface area contributed by atoms with Crippen LogP contribution in [0.1, 0.15) is 426 Å². The summed E-state index contributed by atoms with van der Waals surface area (Å²) in [5.41, 5.74) is 0. The summed E-state index contributed by atoms with van der Waals surface area (Å²) < 4.78 is 11.9. The van der Waals surface area contributed by atoms with Crippen LogP contribution in [0.5, 0.6) is 0 Å². The number of hydrogen-bond acceptors (Lipinski definition) is 8. The third-order valence-corrected chi connectivity index (χ3v) is 16.6. The van der Waals surface area contributed by atoms with Gasteiger partial charge in [0.15, 0.2) is 0 Å². The van der Waals surface area contributed by atoms with E-state index >= 15 is 0 Å². The van der Waals surface area contributed by atoms with Gasteiger partial charge < -0.3 is 29.3 Å². The van der Waals surface area contributed by atoms with Crippen molar-refractivity contribution >= 4 is 61.6 Å². The molecule has 0 fully saturated rings. The van der Waals surface area contributed by atoms with Crippen LogP contribution < -0.4 is 10.2 Å². The Bertz CT molecular complexity index is 1170. The number of carboxylic acid groups (broad SMARTS) is 2. The molecule has 81 heavy (non-hydrogen) atoms. The van der Waals surface area contributed by atoms with E-state index in [1.54, 1.807) is 0 Å². The summed E-state index contributed by atoms with van der Waals surface area (Å²) >= 11 is 0. The fraction of sp³-hybridized carbons (Fsp3) is 0.944. The van der Waals surface area contributed by atoms with E-state index in [9.17, 15) is 29.4 Å². The maximum absolute atomic E-state index is 12.5. The average Bonchev–Trinajstić information content (AvgIpc) is 3.43. The van der Waals surface area contributed by atoms with Crippen LogP contribution in [-0.2, 0) is 28.7 Å². The van der Waals surface area contributed by atoms with Gasteiger partial charge in [0.1, 0.15) is 12.2 Å². The second-order valence-electron chi connectivity index (χ2n) is 24.8. The van der Waals surface area contributed by atoms with Crippen LogP contribution in [0.3, 0.4) is 0 Å². The molecule has 2 unspecified atom stereocenters. The van der Waals surface area contributed by atoms with Crippen LogP contribution in [0.15, 0.2) is 0 Å². The van der Waals surface area contributed by atoms with Crippen molar-refractivity contribution in [3.8, 4) is 0 Å². The molecule has 0 aromatic heterocycles. The number of esters is 2. The molecule has 0 saturated heterocycles. The third kappa shape index (κ3) is 75.2. The maximum Gasteiger partial charge on any atom is 2.00 e. The molecule has 9 heteroatoms. The van der Waals surface area contributed by atoms with E-state index in [-0.39, 0.29) is 74.7 Å². The molecule has 0 aromatic rings. The second kappa shape index (κ2) is 73.4. The van der Waals surface area contributed by atoms with E-state index in [4.69, 9.17) is 9.47 Å². The van der Waals surface area contributed by atoms with Crippen molar-refractivity contribution < 1.29 is 38.9 Å². The largest absolute Gasteiger partial charge is 2.00 e. The molecule has 0 N–H and O–H groups in total. The molecule has 8 nitrogen and oxygen atoms in total. The molecule has 0 saturated carbocycles. The summed E-state index contributed by atoms with van der Waals surface area (Å²) in [5, 5.41) is 20.9. The van der Waals surface area contributed by atoms with Gasteiger partial charge in [-0.05, 0) is 89.9 Å². The van der Waals surface area contributed by atoms with Crippen LogP contribution >= 0.6 is 0 Å². The molecule has 0 heterocycles. The fourth-order valence-electron chi connectivity index (χ4n) is 11.3. The zero-order valence-electron chi connectivity index (χ0n) is 55.0. The van der Waals surface area contributed by atoms with E-state index in [0.717, 1.165) is 116 Å². The van der Waals surface area contributed by atoms with Gasteiger partial charge in [0.2, 0.25) is 0 Å². The van der Waals surface area contributed by atoms with Crippen LogP contribution in [0.25, 0.3) is 0 Å². The van der Waals surface area contributed by atoms with E-state index < -0.39 is 11.9 Å². The molecule has 0 spiro atoms. The Kier molecular flexibility index (Phi) is 76.4. The summed E-state index contributed by atoms with van der Waals surface area (Å²) in [6.07, 6.45) is 73.4. The van der Waals surface area contributed by atoms with Gasteiger partial charge in [-0.3, -0.25) is 9.59 Å². The Morgan fingerprint density at radius 3 is 0.568 bits per heavy atom. The standard InChI is InChI=1S/2C36H70O4.Ca/c2*1-3-5-7-9-10-11-12-13-14-15-16-17-22-25-29-33-36(39)40-34(30-26-8-6-4-2)31-27-23-20-18-19-21-24-28-32-35(37)38;/h2*34H,3-33H2,1-2H3,(H,37,38);/q;;+2/p-2. The van der Waals surface area contributed by atoms with Gasteiger partial charge in [0.25, 0.3) is 0 Å². The first kappa shape index (κ1) is 84.3. The molecule has 0 aliphatic heterocycles. The van der Waals surface area contributed by atoms with Crippen molar-refractivity contribution in [3.63, 3.8) is 0 Å². The van der Waals surface area contributed by atoms with Crippen molar-refractivity contribution in [3.05, 3.63) is 0 Å². The molecule has 0 aliphatic carbocycles. The first-order chi connectivity index (χ1) is 39.2. The molecule has 0 bridgehead atoms. The molecular formula is C72H138CaO8. The van der Waals surface area contributed by atoms with Crippen molar-refractivity contribution in [1.29, 1.82) is 0 Å². The number of hydrogen-bond donors (Lipinski definition) is 0. The molecule has 0 amide bonds. The number of rotatable bonds is 66. The Morgan fingerprint density at radius 2 is 0.383 bits per heavy atom. The summed E-state index contributed by atoms with van der Waals surface area (Å²) in [7, 11) is 0. The van der Waals surface area contributed by atoms with Crippen LogP contribution in [0, 0.1) is 0 Å². The molecule has 0 radical (unpaired) electrons. The number of carbonyl (C=O) groups excluding carboxylic acids is 4. The normalized spacial score (nSPS) is 11.9. The van der Waals surface area contributed by atoms with Gasteiger partial charge in [-0.15, -0.1) is 0 Å². The number of aliphatic carboxylic acids is 2. The summed E-state index contributed by atoms with van der Waals surface area (Å²) in [5.74, 6) is -1.82. The average molecular weight is 1170 g/mol. The summed E-state index contributed by atoms with van der Waals surface area (Å²) in [4.78, 5) is 45.9. The van der Waals surface area contributed by atoms with Crippen molar-refractivity contribution in [1.82, 2.24) is 0 Å². The van der Waals surface area contributed by atoms with Crippen LogP contribution in [0.4, 0.5) is 0 Å². The molecule has 0 rings (SSSR count). The van der Waals surface area contributed by atoms with Crippen molar-refractivity contribution in [2.75, 3.05) is 0 Å². The van der Waals surface area contributed by atoms with E-state index in [2.05, 4.69) is 27.7 Å². The van der Waals surface area contributed by atoms with Crippen molar-refractivity contribution in [2.24, 2.45) is 0 Å². The van der Waals surface area contributed by atoms with Gasteiger partial charge in [0, 0.05) is 24.8 Å². The molecule has 0 aromatic carbocycles. The molecular weight excluding hydrogens is 1030 g/mol. The van der Waals surface area contributed by atoms with Crippen molar-refractivity contribution in [2.45, 2.75) is 438 Å². The zero-order valence-corrected chi connectivity index (χ0v) is 57.2. The minimum Gasteiger partial charge on any atom is -0.550 e. The number of carboxylic acids is 2. The van der Waals surface area contributed by atoms with Gasteiger partial charge in [0.05, 0.1) is 0 Å². The van der Waals surface area contributed by atoms with Gasteiger partial charge in [-0.1, -0.05) is 323 Å². The third-order valence-electron chi connectivity index (χ3n) is 16.6. The first-order valence-electron chi connectivity index (χ1n) is 36.0. The second-order valence-corrected chi connectivity index (χ2v) is 24.8. The predicted molar refractivity (Wildman–Crippen MR) is 344 cm³/mol. The number of unbranched alkanes of at least 4 members (excludes halogenated alkanes) is 48. The Morgan fingerprint density at radius 1 is 0.235 bits per heavy atom. The Labute approximate surface area is 534 Å². The van der Waals surface area contributed by atoms with Gasteiger partial charge in [-0.25, -0.2) is 0 Å². The quantitative estimate of drug-likeness (QED) is 0.0334. The fourth-order valence-corrected chi connectivity index (χ4v) is 11.3. The smallest absolute Gasteiger partial charge is 0.550 e. The number of carbonyl (C=O) groups is 4. The van der Waals surface area contributed by atoms with E-state index in [1.165, 1.54) is 257 Å².